The van der Waals surface area contributed by atoms with Crippen molar-refractivity contribution in [2.45, 2.75) is 52.9 Å². The first-order valence-electron chi connectivity index (χ1n) is 11.0. The first-order chi connectivity index (χ1) is 14.4. The zero-order valence-electron chi connectivity index (χ0n) is 18.2. The molecule has 0 unspecified atom stereocenters. The molecule has 0 radical (unpaired) electrons. The molecular weight excluding hydrogens is 382 g/mol. The lowest BCUT2D eigenvalue weighted by atomic mass is 9.95. The summed E-state index contributed by atoms with van der Waals surface area (Å²) in [6.07, 6.45) is 4.04. The molecule has 0 saturated carbocycles. The molecule has 2 aliphatic heterocycles. The number of hydrogen-bond donors (Lipinski definition) is 1. The molecule has 2 aromatic rings. The third-order valence-electron chi connectivity index (χ3n) is 6.36. The summed E-state index contributed by atoms with van der Waals surface area (Å²) in [5, 5.41) is 4.04. The molecule has 2 saturated heterocycles. The first-order valence-corrected chi connectivity index (χ1v) is 11.0. The van der Waals surface area contributed by atoms with Gasteiger partial charge in [-0.2, -0.15) is 4.98 Å². The van der Waals surface area contributed by atoms with Gasteiger partial charge in [0.05, 0.1) is 5.39 Å². The topological polar surface area (TPSA) is 91.6 Å². The molecule has 0 aliphatic carbocycles. The van der Waals surface area contributed by atoms with E-state index < -0.39 is 0 Å². The summed E-state index contributed by atoms with van der Waals surface area (Å²) < 4.78 is 5.80. The number of carbonyl (C=O) groups excluding carboxylic acids is 2. The predicted molar refractivity (Wildman–Crippen MR) is 114 cm³/mol. The molecule has 2 aliphatic rings. The molecule has 2 fully saturated rings. The lowest BCUT2D eigenvalue weighted by Crippen LogP contribution is -2.41. The van der Waals surface area contributed by atoms with Gasteiger partial charge in [0.15, 0.2) is 0 Å². The third kappa shape index (κ3) is 4.13. The van der Waals surface area contributed by atoms with Crippen molar-refractivity contribution in [1.29, 1.82) is 0 Å². The monoisotopic (exact) mass is 413 g/mol. The molecule has 4 rings (SSSR count). The summed E-state index contributed by atoms with van der Waals surface area (Å²) in [6.45, 7) is 9.67. The van der Waals surface area contributed by atoms with Gasteiger partial charge in [-0.3, -0.25) is 9.59 Å². The number of piperidine rings is 1. The first kappa shape index (κ1) is 20.6. The average Bonchev–Trinajstić information content (AvgIpc) is 3.27. The normalized spacial score (nSPS) is 17.9. The number of furan rings is 1. The van der Waals surface area contributed by atoms with E-state index in [0.29, 0.717) is 24.5 Å². The van der Waals surface area contributed by atoms with Crippen LogP contribution in [0.1, 0.15) is 49.3 Å². The highest BCUT2D eigenvalue weighted by Gasteiger charge is 2.28. The van der Waals surface area contributed by atoms with Crippen molar-refractivity contribution in [3.63, 3.8) is 0 Å². The molecule has 4 heterocycles. The van der Waals surface area contributed by atoms with Crippen molar-refractivity contribution in [2.75, 3.05) is 37.6 Å². The number of hydrogen-bond acceptors (Lipinski definition) is 6. The second-order valence-electron chi connectivity index (χ2n) is 8.45. The van der Waals surface area contributed by atoms with E-state index in [9.17, 15) is 9.59 Å². The number of aromatic nitrogens is 2. The highest BCUT2D eigenvalue weighted by atomic mass is 16.3. The zero-order valence-corrected chi connectivity index (χ0v) is 18.2. The number of anilines is 1. The van der Waals surface area contributed by atoms with Gasteiger partial charge in [-0.25, -0.2) is 4.98 Å². The van der Waals surface area contributed by atoms with E-state index in [0.717, 1.165) is 74.4 Å². The summed E-state index contributed by atoms with van der Waals surface area (Å²) in [7, 11) is 0. The standard InChI is InChI=1S/C22H31N5O3/c1-14-15(2)30-22-19(14)20(24-16(3)25-22)27-12-7-17(8-13-27)21(29)23-9-5-11-26-10-4-6-18(26)28/h17H,4-13H2,1-3H3,(H,23,29). The largest absolute Gasteiger partial charge is 0.443 e. The highest BCUT2D eigenvalue weighted by molar-refractivity contribution is 5.90. The summed E-state index contributed by atoms with van der Waals surface area (Å²) in [4.78, 5) is 37.5. The Morgan fingerprint density at radius 1 is 1.17 bits per heavy atom. The van der Waals surface area contributed by atoms with Crippen molar-refractivity contribution in [1.82, 2.24) is 20.2 Å². The Bertz CT molecular complexity index is 946. The fourth-order valence-electron chi connectivity index (χ4n) is 4.48. The van der Waals surface area contributed by atoms with Gasteiger partial charge in [0.25, 0.3) is 0 Å². The van der Waals surface area contributed by atoms with Gasteiger partial charge in [-0.1, -0.05) is 0 Å². The Kier molecular flexibility index (Phi) is 5.92. The predicted octanol–water partition coefficient (Wildman–Crippen LogP) is 2.49. The Morgan fingerprint density at radius 3 is 2.63 bits per heavy atom. The van der Waals surface area contributed by atoms with Gasteiger partial charge in [0, 0.05) is 50.6 Å². The van der Waals surface area contributed by atoms with Crippen LogP contribution in [-0.2, 0) is 9.59 Å². The molecule has 8 nitrogen and oxygen atoms in total. The fraction of sp³-hybridized carbons (Fsp3) is 0.636. The molecule has 2 aromatic heterocycles. The SMILES string of the molecule is Cc1nc(N2CCC(C(=O)NCCCN3CCCC3=O)CC2)c2c(C)c(C)oc2n1. The van der Waals surface area contributed by atoms with Gasteiger partial charge in [0.2, 0.25) is 17.5 Å². The average molecular weight is 414 g/mol. The third-order valence-corrected chi connectivity index (χ3v) is 6.36. The number of nitrogens with zero attached hydrogens (tertiary/aromatic N) is 4. The van der Waals surface area contributed by atoms with Crippen molar-refractivity contribution in [3.8, 4) is 0 Å². The van der Waals surface area contributed by atoms with Crippen LogP contribution < -0.4 is 10.2 Å². The summed E-state index contributed by atoms with van der Waals surface area (Å²) in [6, 6.07) is 0. The summed E-state index contributed by atoms with van der Waals surface area (Å²) in [5.41, 5.74) is 1.72. The van der Waals surface area contributed by atoms with Gasteiger partial charge < -0.3 is 19.5 Å². The molecule has 0 atom stereocenters. The van der Waals surface area contributed by atoms with Crippen LogP contribution in [0.3, 0.4) is 0 Å². The van der Waals surface area contributed by atoms with Crippen molar-refractivity contribution >= 4 is 28.7 Å². The van der Waals surface area contributed by atoms with E-state index in [1.807, 2.05) is 25.7 Å². The molecule has 0 spiro atoms. The second kappa shape index (κ2) is 8.62. The molecule has 8 heteroatoms. The van der Waals surface area contributed by atoms with E-state index in [4.69, 9.17) is 9.40 Å². The van der Waals surface area contributed by atoms with Crippen molar-refractivity contribution in [2.24, 2.45) is 5.92 Å². The van der Waals surface area contributed by atoms with E-state index in [1.165, 1.54) is 0 Å². The number of amides is 2. The van der Waals surface area contributed by atoms with Gasteiger partial charge in [-0.05, 0) is 46.5 Å². The molecule has 1 N–H and O–H groups in total. The van der Waals surface area contributed by atoms with E-state index in [-0.39, 0.29) is 17.7 Å². The summed E-state index contributed by atoms with van der Waals surface area (Å²) in [5.74, 6) is 2.88. The van der Waals surface area contributed by atoms with Crippen LogP contribution in [0.15, 0.2) is 4.42 Å². The number of nitrogens with one attached hydrogen (secondary N) is 1. The minimum absolute atomic E-state index is 0.0280. The molecule has 0 bridgehead atoms. The van der Waals surface area contributed by atoms with E-state index >= 15 is 0 Å². The van der Waals surface area contributed by atoms with Crippen LogP contribution >= 0.6 is 0 Å². The number of likely N-dealkylation sites (tertiary alicyclic amines) is 1. The lowest BCUT2D eigenvalue weighted by molar-refractivity contribution is -0.127. The zero-order chi connectivity index (χ0) is 21.3. The Hall–Kier alpha value is -2.64. The van der Waals surface area contributed by atoms with Crippen LogP contribution in [0.5, 0.6) is 0 Å². The maximum absolute atomic E-state index is 12.6. The lowest BCUT2D eigenvalue weighted by Gasteiger charge is -2.32. The van der Waals surface area contributed by atoms with Gasteiger partial charge >= 0.3 is 0 Å². The maximum Gasteiger partial charge on any atom is 0.231 e. The number of aryl methyl sites for hydroxylation is 3. The van der Waals surface area contributed by atoms with Crippen LogP contribution in [0.2, 0.25) is 0 Å². The number of fused-ring (bicyclic) bond motifs is 1. The van der Waals surface area contributed by atoms with Crippen LogP contribution in [0, 0.1) is 26.7 Å². The number of rotatable bonds is 6. The quantitative estimate of drug-likeness (QED) is 0.732. The molecule has 162 valence electrons. The van der Waals surface area contributed by atoms with Crippen LogP contribution in [0.25, 0.3) is 11.1 Å². The second-order valence-corrected chi connectivity index (χ2v) is 8.45. The molecular formula is C22H31N5O3. The smallest absolute Gasteiger partial charge is 0.231 e. The summed E-state index contributed by atoms with van der Waals surface area (Å²) >= 11 is 0. The van der Waals surface area contributed by atoms with E-state index in [1.54, 1.807) is 0 Å². The fourth-order valence-corrected chi connectivity index (χ4v) is 4.48. The maximum atomic E-state index is 12.6. The van der Waals surface area contributed by atoms with Crippen molar-refractivity contribution < 1.29 is 14.0 Å². The van der Waals surface area contributed by atoms with Gasteiger partial charge in [-0.15, -0.1) is 0 Å². The molecule has 0 aromatic carbocycles. The Morgan fingerprint density at radius 2 is 1.93 bits per heavy atom. The van der Waals surface area contributed by atoms with Crippen LogP contribution in [0.4, 0.5) is 5.82 Å². The van der Waals surface area contributed by atoms with Crippen molar-refractivity contribution in [3.05, 3.63) is 17.1 Å². The number of carbonyl (C=O) groups is 2. The Balaban J connectivity index is 1.30. The molecule has 2 amide bonds. The van der Waals surface area contributed by atoms with Gasteiger partial charge in [0.1, 0.15) is 17.4 Å². The van der Waals surface area contributed by atoms with E-state index in [2.05, 4.69) is 15.2 Å². The highest BCUT2D eigenvalue weighted by Crippen LogP contribution is 2.33. The van der Waals surface area contributed by atoms with Crippen LogP contribution in [-0.4, -0.2) is 59.4 Å². The minimum Gasteiger partial charge on any atom is -0.443 e. The minimum atomic E-state index is 0.0280. The molecule has 30 heavy (non-hydrogen) atoms. The Labute approximate surface area is 177 Å².